The first-order valence-corrected chi connectivity index (χ1v) is 7.30. The summed E-state index contributed by atoms with van der Waals surface area (Å²) in [6.45, 7) is 3.03. The van der Waals surface area contributed by atoms with Gasteiger partial charge in [0, 0.05) is 25.3 Å². The summed E-state index contributed by atoms with van der Waals surface area (Å²) >= 11 is 0. The smallest absolute Gasteiger partial charge is 0.123 e. The Kier molecular flexibility index (Phi) is 5.34. The van der Waals surface area contributed by atoms with Crippen molar-refractivity contribution in [1.29, 1.82) is 0 Å². The van der Waals surface area contributed by atoms with Gasteiger partial charge >= 0.3 is 0 Å². The molecule has 0 radical (unpaired) electrons. The molecule has 21 heavy (non-hydrogen) atoms. The lowest BCUT2D eigenvalue weighted by Gasteiger charge is -2.23. The van der Waals surface area contributed by atoms with Gasteiger partial charge in [-0.2, -0.15) is 0 Å². The summed E-state index contributed by atoms with van der Waals surface area (Å²) in [6, 6.07) is 15.5. The molecule has 1 atom stereocenters. The highest BCUT2D eigenvalue weighted by atomic mass is 19.1. The Labute approximate surface area is 126 Å². The van der Waals surface area contributed by atoms with Crippen LogP contribution in [0.5, 0.6) is 0 Å². The topological polar surface area (TPSA) is 15.3 Å². The van der Waals surface area contributed by atoms with Crippen molar-refractivity contribution >= 4 is 5.69 Å². The molecule has 0 bridgehead atoms. The summed E-state index contributed by atoms with van der Waals surface area (Å²) in [5.41, 5.74) is 3.61. The predicted octanol–water partition coefficient (Wildman–Crippen LogP) is 3.92. The van der Waals surface area contributed by atoms with Gasteiger partial charge in [0.2, 0.25) is 0 Å². The third-order valence-electron chi connectivity index (χ3n) is 3.85. The number of halogens is 1. The maximum atomic E-state index is 13.0. The lowest BCUT2D eigenvalue weighted by atomic mass is 10.0. The largest absolute Gasteiger partial charge is 0.375 e. The molecular formula is C18H23FN2. The standard InChI is InChI=1S/C18H23FN2/c1-14-4-10-17(11-5-14)21(3)13-12-18(20-2)15-6-8-16(19)9-7-15/h4-11,18,20H,12-13H2,1-3H3. The molecule has 0 saturated carbocycles. The van der Waals surface area contributed by atoms with E-state index in [1.165, 1.54) is 23.4 Å². The molecule has 3 heteroatoms. The minimum Gasteiger partial charge on any atom is -0.375 e. The molecule has 2 nitrogen and oxygen atoms in total. The van der Waals surface area contributed by atoms with Crippen LogP contribution in [0.4, 0.5) is 10.1 Å². The summed E-state index contributed by atoms with van der Waals surface area (Å²) in [7, 11) is 4.04. The van der Waals surface area contributed by atoms with E-state index in [-0.39, 0.29) is 11.9 Å². The zero-order valence-corrected chi connectivity index (χ0v) is 12.9. The molecule has 2 aromatic rings. The molecular weight excluding hydrogens is 263 g/mol. The van der Waals surface area contributed by atoms with Crippen LogP contribution in [-0.2, 0) is 0 Å². The fourth-order valence-electron chi connectivity index (χ4n) is 2.42. The second-order valence-electron chi connectivity index (χ2n) is 5.44. The SMILES string of the molecule is CNC(CCN(C)c1ccc(C)cc1)c1ccc(F)cc1. The summed E-state index contributed by atoms with van der Waals surface area (Å²) in [5.74, 6) is -0.189. The van der Waals surface area contributed by atoms with Crippen molar-refractivity contribution in [3.8, 4) is 0 Å². The average Bonchev–Trinajstić information content (AvgIpc) is 2.50. The first-order chi connectivity index (χ1) is 10.1. The molecule has 0 spiro atoms. The number of hydrogen-bond donors (Lipinski definition) is 1. The fourth-order valence-corrected chi connectivity index (χ4v) is 2.42. The van der Waals surface area contributed by atoms with Gasteiger partial charge in [0.25, 0.3) is 0 Å². The highest BCUT2D eigenvalue weighted by Gasteiger charge is 2.10. The van der Waals surface area contributed by atoms with Crippen molar-refractivity contribution in [2.24, 2.45) is 0 Å². The molecule has 0 amide bonds. The minimum atomic E-state index is -0.189. The molecule has 0 aliphatic carbocycles. The highest BCUT2D eigenvalue weighted by Crippen LogP contribution is 2.19. The Balaban J connectivity index is 1.96. The number of nitrogens with zero attached hydrogens (tertiary/aromatic N) is 1. The maximum Gasteiger partial charge on any atom is 0.123 e. The zero-order valence-electron chi connectivity index (χ0n) is 12.9. The van der Waals surface area contributed by atoms with E-state index in [1.807, 2.05) is 19.2 Å². The lowest BCUT2D eigenvalue weighted by molar-refractivity contribution is 0.547. The van der Waals surface area contributed by atoms with Crippen molar-refractivity contribution in [2.45, 2.75) is 19.4 Å². The molecule has 0 aliphatic rings. The van der Waals surface area contributed by atoms with E-state index in [4.69, 9.17) is 0 Å². The van der Waals surface area contributed by atoms with E-state index in [2.05, 4.69) is 48.5 Å². The second-order valence-corrected chi connectivity index (χ2v) is 5.44. The Morgan fingerprint density at radius 2 is 1.67 bits per heavy atom. The molecule has 0 aromatic heterocycles. The van der Waals surface area contributed by atoms with Crippen LogP contribution in [0.25, 0.3) is 0 Å². The van der Waals surface area contributed by atoms with Gasteiger partial charge in [-0.3, -0.25) is 0 Å². The molecule has 2 aromatic carbocycles. The van der Waals surface area contributed by atoms with Gasteiger partial charge < -0.3 is 10.2 Å². The lowest BCUT2D eigenvalue weighted by Crippen LogP contribution is -2.25. The molecule has 0 aliphatic heterocycles. The van der Waals surface area contributed by atoms with Gasteiger partial charge in [-0.15, -0.1) is 0 Å². The number of hydrogen-bond acceptors (Lipinski definition) is 2. The van der Waals surface area contributed by atoms with Gasteiger partial charge in [0.1, 0.15) is 5.82 Å². The van der Waals surface area contributed by atoms with Crippen LogP contribution in [0.3, 0.4) is 0 Å². The van der Waals surface area contributed by atoms with Crippen molar-refractivity contribution in [1.82, 2.24) is 5.32 Å². The van der Waals surface area contributed by atoms with E-state index in [0.717, 1.165) is 18.5 Å². The first-order valence-electron chi connectivity index (χ1n) is 7.30. The first kappa shape index (κ1) is 15.5. The summed E-state index contributed by atoms with van der Waals surface area (Å²) in [5, 5.41) is 3.30. The molecule has 0 fully saturated rings. The van der Waals surface area contributed by atoms with Crippen LogP contribution in [-0.4, -0.2) is 20.6 Å². The summed E-state index contributed by atoms with van der Waals surface area (Å²) in [6.07, 6.45) is 0.965. The normalized spacial score (nSPS) is 12.2. The van der Waals surface area contributed by atoms with E-state index >= 15 is 0 Å². The van der Waals surface area contributed by atoms with E-state index in [1.54, 1.807) is 0 Å². The van der Waals surface area contributed by atoms with Gasteiger partial charge in [-0.1, -0.05) is 29.8 Å². The zero-order chi connectivity index (χ0) is 15.2. The monoisotopic (exact) mass is 286 g/mol. The number of nitrogens with one attached hydrogen (secondary N) is 1. The van der Waals surface area contributed by atoms with Crippen LogP contribution in [0.2, 0.25) is 0 Å². The fraction of sp³-hybridized carbons (Fsp3) is 0.333. The van der Waals surface area contributed by atoms with Gasteiger partial charge in [0.15, 0.2) is 0 Å². The van der Waals surface area contributed by atoms with Crippen LogP contribution < -0.4 is 10.2 Å². The molecule has 2 rings (SSSR count). The van der Waals surface area contributed by atoms with Gasteiger partial charge in [-0.25, -0.2) is 4.39 Å². The Morgan fingerprint density at radius 1 is 1.05 bits per heavy atom. The number of anilines is 1. The van der Waals surface area contributed by atoms with Crippen LogP contribution >= 0.6 is 0 Å². The number of aryl methyl sites for hydroxylation is 1. The van der Waals surface area contributed by atoms with Crippen molar-refractivity contribution < 1.29 is 4.39 Å². The third-order valence-corrected chi connectivity index (χ3v) is 3.85. The third kappa shape index (κ3) is 4.30. The van der Waals surface area contributed by atoms with Crippen molar-refractivity contribution in [2.75, 3.05) is 25.5 Å². The van der Waals surface area contributed by atoms with E-state index < -0.39 is 0 Å². The van der Waals surface area contributed by atoms with Gasteiger partial charge in [-0.05, 0) is 50.2 Å². The minimum absolute atomic E-state index is 0.189. The predicted molar refractivity (Wildman–Crippen MR) is 87.3 cm³/mol. The molecule has 1 unspecified atom stereocenters. The Bertz CT molecular complexity index is 548. The van der Waals surface area contributed by atoms with Crippen LogP contribution in [0, 0.1) is 12.7 Å². The Hall–Kier alpha value is -1.87. The maximum absolute atomic E-state index is 13.0. The van der Waals surface area contributed by atoms with Crippen molar-refractivity contribution in [3.63, 3.8) is 0 Å². The summed E-state index contributed by atoms with van der Waals surface area (Å²) in [4.78, 5) is 2.24. The van der Waals surface area contributed by atoms with E-state index in [9.17, 15) is 4.39 Å². The summed E-state index contributed by atoms with van der Waals surface area (Å²) < 4.78 is 13.0. The van der Waals surface area contributed by atoms with Crippen LogP contribution in [0.1, 0.15) is 23.6 Å². The van der Waals surface area contributed by atoms with Gasteiger partial charge in [0.05, 0.1) is 0 Å². The molecule has 0 saturated heterocycles. The Morgan fingerprint density at radius 3 is 2.24 bits per heavy atom. The quantitative estimate of drug-likeness (QED) is 0.866. The second kappa shape index (κ2) is 7.23. The van der Waals surface area contributed by atoms with Crippen LogP contribution in [0.15, 0.2) is 48.5 Å². The number of benzene rings is 2. The number of rotatable bonds is 6. The molecule has 112 valence electrons. The van der Waals surface area contributed by atoms with Crippen molar-refractivity contribution in [3.05, 3.63) is 65.5 Å². The highest BCUT2D eigenvalue weighted by molar-refractivity contribution is 5.46. The van der Waals surface area contributed by atoms with E-state index in [0.29, 0.717) is 0 Å². The molecule has 1 N–H and O–H groups in total. The molecule has 0 heterocycles. The average molecular weight is 286 g/mol.